The fourth-order valence-electron chi connectivity index (χ4n) is 1.42. The Morgan fingerprint density at radius 2 is 2.12 bits per heavy atom. The summed E-state index contributed by atoms with van der Waals surface area (Å²) in [6.45, 7) is 4.17. The minimum Gasteiger partial charge on any atom is -0.492 e. The molecule has 1 rings (SSSR count). The van der Waals surface area contributed by atoms with Crippen LogP contribution in [0, 0.1) is 0 Å². The van der Waals surface area contributed by atoms with E-state index in [1.165, 1.54) is 7.11 Å². The number of methoxy groups -OCH3 is 1. The largest absolute Gasteiger partial charge is 0.492 e. The van der Waals surface area contributed by atoms with Gasteiger partial charge in [-0.15, -0.1) is 0 Å². The Balaban J connectivity index is 3.07. The van der Waals surface area contributed by atoms with Crippen LogP contribution in [-0.4, -0.2) is 19.6 Å². The second-order valence-electron chi connectivity index (χ2n) is 3.39. The topological polar surface area (TPSA) is 73.6 Å². The Hall–Kier alpha value is -1.91. The zero-order valence-corrected chi connectivity index (χ0v) is 10.4. The molecule has 94 valence electrons. The van der Waals surface area contributed by atoms with Crippen LogP contribution in [0.5, 0.6) is 11.5 Å². The van der Waals surface area contributed by atoms with Crippen LogP contribution < -0.4 is 20.5 Å². The van der Waals surface area contributed by atoms with E-state index >= 15 is 0 Å². The molecule has 1 aromatic carbocycles. The van der Waals surface area contributed by atoms with Crippen molar-refractivity contribution >= 4 is 17.3 Å². The molecule has 0 bridgehead atoms. The number of amides is 1. The highest BCUT2D eigenvalue weighted by molar-refractivity contribution is 5.94. The number of carbonyl (C=O) groups is 1. The zero-order valence-electron chi connectivity index (χ0n) is 10.4. The van der Waals surface area contributed by atoms with Gasteiger partial charge in [0.1, 0.15) is 11.4 Å². The van der Waals surface area contributed by atoms with Crippen LogP contribution in [0.1, 0.15) is 20.3 Å². The van der Waals surface area contributed by atoms with Crippen molar-refractivity contribution in [3.05, 3.63) is 12.1 Å². The minimum atomic E-state index is -0.0909. The molecule has 17 heavy (non-hydrogen) atoms. The first-order valence-corrected chi connectivity index (χ1v) is 5.53. The Kier molecular flexibility index (Phi) is 4.63. The molecular weight excluding hydrogens is 220 g/mol. The molecule has 0 saturated carbocycles. The maximum absolute atomic E-state index is 11.3. The molecule has 0 aliphatic rings. The van der Waals surface area contributed by atoms with Crippen LogP contribution in [0.15, 0.2) is 12.1 Å². The Morgan fingerprint density at radius 1 is 1.41 bits per heavy atom. The number of hydrogen-bond acceptors (Lipinski definition) is 4. The minimum absolute atomic E-state index is 0.0909. The van der Waals surface area contributed by atoms with Crippen LogP contribution in [0.2, 0.25) is 0 Å². The SMILES string of the molecule is CCOc1ccc(NC(=O)CC)c(OC)c1N. The number of benzene rings is 1. The molecule has 0 unspecified atom stereocenters. The normalized spacial score (nSPS) is 9.82. The van der Waals surface area contributed by atoms with Crippen molar-refractivity contribution in [2.24, 2.45) is 0 Å². The second-order valence-corrected chi connectivity index (χ2v) is 3.39. The number of rotatable bonds is 5. The summed E-state index contributed by atoms with van der Waals surface area (Å²) in [7, 11) is 1.50. The van der Waals surface area contributed by atoms with E-state index in [0.717, 1.165) is 0 Å². The van der Waals surface area contributed by atoms with E-state index in [9.17, 15) is 4.79 Å². The van der Waals surface area contributed by atoms with Crippen molar-refractivity contribution in [2.45, 2.75) is 20.3 Å². The van der Waals surface area contributed by atoms with Crippen LogP contribution in [0.3, 0.4) is 0 Å². The summed E-state index contributed by atoms with van der Waals surface area (Å²) in [4.78, 5) is 11.3. The number of hydrogen-bond donors (Lipinski definition) is 2. The van der Waals surface area contributed by atoms with Gasteiger partial charge in [-0.25, -0.2) is 0 Å². The molecule has 0 atom stereocenters. The van der Waals surface area contributed by atoms with Crippen molar-refractivity contribution in [2.75, 3.05) is 24.8 Å². The van der Waals surface area contributed by atoms with Crippen molar-refractivity contribution < 1.29 is 14.3 Å². The van der Waals surface area contributed by atoms with Gasteiger partial charge >= 0.3 is 0 Å². The fourth-order valence-corrected chi connectivity index (χ4v) is 1.42. The van der Waals surface area contributed by atoms with Crippen molar-refractivity contribution in [3.63, 3.8) is 0 Å². The molecule has 0 spiro atoms. The van der Waals surface area contributed by atoms with Crippen molar-refractivity contribution in [3.8, 4) is 11.5 Å². The first-order valence-electron chi connectivity index (χ1n) is 5.53. The molecule has 1 aromatic rings. The third-order valence-electron chi connectivity index (χ3n) is 2.26. The number of nitrogens with one attached hydrogen (secondary N) is 1. The summed E-state index contributed by atoms with van der Waals surface area (Å²) >= 11 is 0. The van der Waals surface area contributed by atoms with Crippen LogP contribution in [0.4, 0.5) is 11.4 Å². The maximum Gasteiger partial charge on any atom is 0.224 e. The number of nitrogens with two attached hydrogens (primary N) is 1. The quantitative estimate of drug-likeness (QED) is 0.770. The van der Waals surface area contributed by atoms with Gasteiger partial charge in [-0.05, 0) is 19.1 Å². The molecule has 0 aliphatic carbocycles. The van der Waals surface area contributed by atoms with Crippen LogP contribution in [0.25, 0.3) is 0 Å². The first-order chi connectivity index (χ1) is 8.13. The smallest absolute Gasteiger partial charge is 0.224 e. The van der Waals surface area contributed by atoms with E-state index in [-0.39, 0.29) is 5.91 Å². The van der Waals surface area contributed by atoms with Gasteiger partial charge < -0.3 is 20.5 Å². The highest BCUT2D eigenvalue weighted by Crippen LogP contribution is 2.38. The predicted molar refractivity (Wildman–Crippen MR) is 67.5 cm³/mol. The first kappa shape index (κ1) is 13.2. The van der Waals surface area contributed by atoms with Crippen molar-refractivity contribution in [1.82, 2.24) is 0 Å². The third-order valence-corrected chi connectivity index (χ3v) is 2.26. The van der Waals surface area contributed by atoms with Gasteiger partial charge in [0.15, 0.2) is 5.75 Å². The molecule has 0 heterocycles. The van der Waals surface area contributed by atoms with Crippen molar-refractivity contribution in [1.29, 1.82) is 0 Å². The fraction of sp³-hybridized carbons (Fsp3) is 0.417. The van der Waals surface area contributed by atoms with E-state index in [0.29, 0.717) is 35.9 Å². The number of anilines is 2. The lowest BCUT2D eigenvalue weighted by Crippen LogP contribution is -2.11. The zero-order chi connectivity index (χ0) is 12.8. The molecule has 0 fully saturated rings. The predicted octanol–water partition coefficient (Wildman–Crippen LogP) is 2.02. The lowest BCUT2D eigenvalue weighted by molar-refractivity contribution is -0.115. The van der Waals surface area contributed by atoms with Gasteiger partial charge in [-0.1, -0.05) is 6.92 Å². The summed E-state index contributed by atoms with van der Waals surface area (Å²) in [5.74, 6) is 0.892. The number of nitrogen functional groups attached to an aromatic ring is 1. The third kappa shape index (κ3) is 3.03. The summed E-state index contributed by atoms with van der Waals surface area (Å²) in [5, 5.41) is 2.72. The summed E-state index contributed by atoms with van der Waals surface area (Å²) in [5.41, 5.74) is 6.84. The number of ether oxygens (including phenoxy) is 2. The van der Waals surface area contributed by atoms with E-state index in [1.54, 1.807) is 19.1 Å². The highest BCUT2D eigenvalue weighted by atomic mass is 16.5. The molecule has 0 saturated heterocycles. The summed E-state index contributed by atoms with van der Waals surface area (Å²) in [6.07, 6.45) is 0.399. The molecule has 0 radical (unpaired) electrons. The van der Waals surface area contributed by atoms with E-state index in [2.05, 4.69) is 5.32 Å². The monoisotopic (exact) mass is 238 g/mol. The van der Waals surface area contributed by atoms with Gasteiger partial charge in [0, 0.05) is 6.42 Å². The lowest BCUT2D eigenvalue weighted by Gasteiger charge is -2.15. The van der Waals surface area contributed by atoms with E-state index in [1.807, 2.05) is 6.92 Å². The molecule has 3 N–H and O–H groups in total. The van der Waals surface area contributed by atoms with Gasteiger partial charge in [-0.2, -0.15) is 0 Å². The van der Waals surface area contributed by atoms with E-state index < -0.39 is 0 Å². The highest BCUT2D eigenvalue weighted by Gasteiger charge is 2.13. The summed E-state index contributed by atoms with van der Waals surface area (Å²) in [6, 6.07) is 3.43. The van der Waals surface area contributed by atoms with Gasteiger partial charge in [0.05, 0.1) is 19.4 Å². The second kappa shape index (κ2) is 5.98. The number of carbonyl (C=O) groups excluding carboxylic acids is 1. The average Bonchev–Trinajstić information content (AvgIpc) is 2.33. The molecule has 1 amide bonds. The van der Waals surface area contributed by atoms with Gasteiger partial charge in [0.25, 0.3) is 0 Å². The summed E-state index contributed by atoms with van der Waals surface area (Å²) < 4.78 is 10.5. The maximum atomic E-state index is 11.3. The molecule has 5 nitrogen and oxygen atoms in total. The van der Waals surface area contributed by atoms with E-state index in [4.69, 9.17) is 15.2 Å². The van der Waals surface area contributed by atoms with Gasteiger partial charge in [-0.3, -0.25) is 4.79 Å². The standard InChI is InChI=1S/C12H18N2O3/c1-4-10(15)14-8-6-7-9(17-5-2)11(13)12(8)16-3/h6-7H,4-5,13H2,1-3H3,(H,14,15). The Labute approximate surface area is 101 Å². The molecule has 0 aliphatic heterocycles. The molecular formula is C12H18N2O3. The Morgan fingerprint density at radius 3 is 2.65 bits per heavy atom. The average molecular weight is 238 g/mol. The molecule has 0 aromatic heterocycles. The molecule has 5 heteroatoms. The Bertz CT molecular complexity index is 405. The lowest BCUT2D eigenvalue weighted by atomic mass is 10.2. The van der Waals surface area contributed by atoms with Crippen LogP contribution in [-0.2, 0) is 4.79 Å². The van der Waals surface area contributed by atoms with Crippen LogP contribution >= 0.6 is 0 Å². The van der Waals surface area contributed by atoms with Gasteiger partial charge in [0.2, 0.25) is 5.91 Å².